The summed E-state index contributed by atoms with van der Waals surface area (Å²) in [7, 11) is 3.11. The third kappa shape index (κ3) is 5.31. The molecule has 2 aromatic rings. The van der Waals surface area contributed by atoms with Crippen molar-refractivity contribution >= 4 is 11.8 Å². The highest BCUT2D eigenvalue weighted by Crippen LogP contribution is 2.22. The molecule has 0 aromatic heterocycles. The van der Waals surface area contributed by atoms with Crippen molar-refractivity contribution in [3.63, 3.8) is 0 Å². The van der Waals surface area contributed by atoms with E-state index in [0.29, 0.717) is 35.8 Å². The first kappa shape index (κ1) is 20.5. The van der Waals surface area contributed by atoms with Crippen LogP contribution in [0.5, 0.6) is 11.5 Å². The molecule has 0 radical (unpaired) electrons. The van der Waals surface area contributed by atoms with Crippen molar-refractivity contribution in [3.05, 3.63) is 59.2 Å². The topological polar surface area (TPSA) is 71.1 Å². The maximum atomic E-state index is 12.5. The lowest BCUT2D eigenvalue weighted by atomic mass is 10.1. The molecule has 0 N–H and O–H groups in total. The van der Waals surface area contributed by atoms with E-state index in [4.69, 9.17) is 18.9 Å². The van der Waals surface area contributed by atoms with Crippen molar-refractivity contribution in [2.24, 2.45) is 0 Å². The summed E-state index contributed by atoms with van der Waals surface area (Å²) >= 11 is 0. The zero-order valence-electron chi connectivity index (χ0n) is 16.0. The van der Waals surface area contributed by atoms with Crippen molar-refractivity contribution < 1.29 is 28.5 Å². The van der Waals surface area contributed by atoms with Crippen LogP contribution in [0.3, 0.4) is 0 Å². The third-order valence-electron chi connectivity index (χ3n) is 4.01. The van der Waals surface area contributed by atoms with Crippen molar-refractivity contribution in [1.29, 1.82) is 0 Å². The highest BCUT2D eigenvalue weighted by atomic mass is 16.5. The van der Waals surface area contributed by atoms with Crippen LogP contribution in [-0.4, -0.2) is 38.7 Å². The van der Waals surface area contributed by atoms with Gasteiger partial charge in [0.25, 0.3) is 0 Å². The van der Waals surface area contributed by atoms with E-state index in [9.17, 15) is 9.59 Å². The van der Waals surface area contributed by atoms with Gasteiger partial charge in [0.1, 0.15) is 11.5 Å². The van der Waals surface area contributed by atoms with E-state index in [1.165, 1.54) is 0 Å². The molecule has 0 bridgehead atoms. The standard InChI is InChI=1S/C21H24O6/c1-5-26-13-17-12-16(8-11-19(17)25-4)21(23)27-14(2)20(22)15-6-9-18(24-3)10-7-15/h6-12,14H,5,13H2,1-4H3/t14-/m1/s1. The molecule has 6 heteroatoms. The molecule has 27 heavy (non-hydrogen) atoms. The summed E-state index contributed by atoms with van der Waals surface area (Å²) < 4.78 is 21.1. The predicted octanol–water partition coefficient (Wildman–Crippen LogP) is 3.67. The molecule has 2 aromatic carbocycles. The molecule has 6 nitrogen and oxygen atoms in total. The van der Waals surface area contributed by atoms with Crippen LogP contribution in [0.15, 0.2) is 42.5 Å². The average molecular weight is 372 g/mol. The summed E-state index contributed by atoms with van der Waals surface area (Å²) in [5, 5.41) is 0. The Morgan fingerprint density at radius 1 is 0.963 bits per heavy atom. The first-order chi connectivity index (χ1) is 13.0. The van der Waals surface area contributed by atoms with Crippen LogP contribution in [-0.2, 0) is 16.1 Å². The van der Waals surface area contributed by atoms with Crippen molar-refractivity contribution in [2.75, 3.05) is 20.8 Å². The molecule has 0 aliphatic rings. The lowest BCUT2D eigenvalue weighted by Crippen LogP contribution is -2.24. The minimum Gasteiger partial charge on any atom is -0.497 e. The molecule has 0 heterocycles. The van der Waals surface area contributed by atoms with Crippen molar-refractivity contribution in [3.8, 4) is 11.5 Å². The Bertz CT molecular complexity index is 782. The molecule has 0 unspecified atom stereocenters. The van der Waals surface area contributed by atoms with Gasteiger partial charge in [0.05, 0.1) is 26.4 Å². The molecule has 0 aliphatic carbocycles. The van der Waals surface area contributed by atoms with Gasteiger partial charge in [-0.05, 0) is 56.3 Å². The maximum Gasteiger partial charge on any atom is 0.338 e. The van der Waals surface area contributed by atoms with Crippen LogP contribution in [0, 0.1) is 0 Å². The maximum absolute atomic E-state index is 12.5. The predicted molar refractivity (Wildman–Crippen MR) is 101 cm³/mol. The fraction of sp³-hybridized carbons (Fsp3) is 0.333. The third-order valence-corrected chi connectivity index (χ3v) is 4.01. The number of methoxy groups -OCH3 is 2. The summed E-state index contributed by atoms with van der Waals surface area (Å²) in [6.45, 7) is 4.30. The first-order valence-corrected chi connectivity index (χ1v) is 8.64. The van der Waals surface area contributed by atoms with Crippen LogP contribution in [0.4, 0.5) is 0 Å². The summed E-state index contributed by atoms with van der Waals surface area (Å²) in [5.74, 6) is 0.414. The number of benzene rings is 2. The molecule has 2 rings (SSSR count). The molecule has 0 amide bonds. The highest BCUT2D eigenvalue weighted by Gasteiger charge is 2.21. The van der Waals surface area contributed by atoms with Gasteiger partial charge in [-0.2, -0.15) is 0 Å². The minimum absolute atomic E-state index is 0.283. The van der Waals surface area contributed by atoms with E-state index >= 15 is 0 Å². The van der Waals surface area contributed by atoms with Crippen LogP contribution >= 0.6 is 0 Å². The lowest BCUT2D eigenvalue weighted by molar-refractivity contribution is 0.0318. The van der Waals surface area contributed by atoms with Gasteiger partial charge < -0.3 is 18.9 Å². The summed E-state index contributed by atoms with van der Waals surface area (Å²) in [6.07, 6.45) is -0.914. The summed E-state index contributed by atoms with van der Waals surface area (Å²) in [4.78, 5) is 24.9. The second kappa shape index (κ2) is 9.73. The number of carbonyl (C=O) groups excluding carboxylic acids is 2. The zero-order valence-corrected chi connectivity index (χ0v) is 16.0. The number of hydrogen-bond acceptors (Lipinski definition) is 6. The Kier molecular flexibility index (Phi) is 7.37. The van der Waals surface area contributed by atoms with Gasteiger partial charge in [0.15, 0.2) is 6.10 Å². The second-order valence-corrected chi connectivity index (χ2v) is 5.80. The Balaban J connectivity index is 2.09. The van der Waals surface area contributed by atoms with Gasteiger partial charge in [0, 0.05) is 17.7 Å². The van der Waals surface area contributed by atoms with Crippen LogP contribution in [0.2, 0.25) is 0 Å². The highest BCUT2D eigenvalue weighted by molar-refractivity contribution is 6.01. The number of rotatable bonds is 9. The number of carbonyl (C=O) groups is 2. The second-order valence-electron chi connectivity index (χ2n) is 5.80. The lowest BCUT2D eigenvalue weighted by Gasteiger charge is -2.14. The fourth-order valence-corrected chi connectivity index (χ4v) is 2.50. The quantitative estimate of drug-likeness (QED) is 0.494. The average Bonchev–Trinajstić information content (AvgIpc) is 2.71. The van der Waals surface area contributed by atoms with Gasteiger partial charge >= 0.3 is 5.97 Å². The molecule has 0 fully saturated rings. The van der Waals surface area contributed by atoms with Gasteiger partial charge in [-0.25, -0.2) is 4.79 Å². The molecule has 0 spiro atoms. The Morgan fingerprint density at radius 3 is 2.22 bits per heavy atom. The number of esters is 1. The normalized spacial score (nSPS) is 11.6. The molecular formula is C21H24O6. The van der Waals surface area contributed by atoms with E-state index < -0.39 is 12.1 Å². The van der Waals surface area contributed by atoms with Crippen LogP contribution in [0.25, 0.3) is 0 Å². The largest absolute Gasteiger partial charge is 0.497 e. The zero-order chi connectivity index (χ0) is 19.8. The van der Waals surface area contributed by atoms with Crippen molar-refractivity contribution in [1.82, 2.24) is 0 Å². The number of ketones is 1. The Hall–Kier alpha value is -2.86. The Morgan fingerprint density at radius 2 is 1.63 bits per heavy atom. The first-order valence-electron chi connectivity index (χ1n) is 8.64. The molecule has 0 saturated carbocycles. The van der Waals surface area contributed by atoms with Gasteiger partial charge in [0.2, 0.25) is 5.78 Å². The van der Waals surface area contributed by atoms with E-state index in [1.807, 2.05) is 6.92 Å². The van der Waals surface area contributed by atoms with Crippen molar-refractivity contribution in [2.45, 2.75) is 26.6 Å². The SMILES string of the molecule is CCOCc1cc(C(=O)O[C@H](C)C(=O)c2ccc(OC)cc2)ccc1OC. The van der Waals surface area contributed by atoms with Gasteiger partial charge in [-0.15, -0.1) is 0 Å². The number of hydrogen-bond donors (Lipinski definition) is 0. The van der Waals surface area contributed by atoms with Gasteiger partial charge in [-0.3, -0.25) is 4.79 Å². The smallest absolute Gasteiger partial charge is 0.338 e. The summed E-state index contributed by atoms with van der Waals surface area (Å²) in [5.41, 5.74) is 1.52. The number of ether oxygens (including phenoxy) is 4. The minimum atomic E-state index is -0.914. The van der Waals surface area contributed by atoms with Crippen LogP contribution in [0.1, 0.15) is 40.1 Å². The van der Waals surface area contributed by atoms with E-state index in [-0.39, 0.29) is 5.78 Å². The Labute approximate surface area is 159 Å². The molecule has 144 valence electrons. The van der Waals surface area contributed by atoms with E-state index in [0.717, 1.165) is 5.56 Å². The molecule has 1 atom stereocenters. The molecule has 0 aliphatic heterocycles. The van der Waals surface area contributed by atoms with E-state index in [2.05, 4.69) is 0 Å². The summed E-state index contributed by atoms with van der Waals surface area (Å²) in [6, 6.07) is 11.6. The molecule has 0 saturated heterocycles. The van der Waals surface area contributed by atoms with E-state index in [1.54, 1.807) is 63.6 Å². The van der Waals surface area contributed by atoms with Crippen LogP contribution < -0.4 is 9.47 Å². The monoisotopic (exact) mass is 372 g/mol. The fourth-order valence-electron chi connectivity index (χ4n) is 2.50. The number of Topliss-reactive ketones (excluding diaryl/α,β-unsaturated/α-hetero) is 1. The van der Waals surface area contributed by atoms with Gasteiger partial charge in [-0.1, -0.05) is 0 Å². The molecular weight excluding hydrogens is 348 g/mol.